The van der Waals surface area contributed by atoms with E-state index in [0.29, 0.717) is 13.0 Å². The van der Waals surface area contributed by atoms with Gasteiger partial charge in [0.25, 0.3) is 11.1 Å². The molecule has 0 saturated heterocycles. The number of aliphatic hydroxyl groups excluding tert-OH is 1. The van der Waals surface area contributed by atoms with Crippen LogP contribution in [0.5, 0.6) is 0 Å². The van der Waals surface area contributed by atoms with Gasteiger partial charge < -0.3 is 10.4 Å². The summed E-state index contributed by atoms with van der Waals surface area (Å²) in [5.41, 5.74) is -0.865. The average Bonchev–Trinajstić information content (AvgIpc) is 2.39. The van der Waals surface area contributed by atoms with Crippen LogP contribution in [0.15, 0.2) is 21.7 Å². The number of hydrogen-bond acceptors (Lipinski definition) is 4. The van der Waals surface area contributed by atoms with Crippen LogP contribution in [0.1, 0.15) is 19.8 Å². The highest BCUT2D eigenvalue weighted by molar-refractivity contribution is 5.75. The van der Waals surface area contributed by atoms with E-state index in [0.717, 1.165) is 23.2 Å². The lowest BCUT2D eigenvalue weighted by Crippen LogP contribution is -2.37. The van der Waals surface area contributed by atoms with Crippen LogP contribution in [0.2, 0.25) is 0 Å². The summed E-state index contributed by atoms with van der Waals surface area (Å²) in [7, 11) is 0. The second-order valence-corrected chi connectivity index (χ2v) is 4.32. The molecular formula is C12H19N3O4. The second kappa shape index (κ2) is 7.52. The molecule has 1 atom stereocenters. The summed E-state index contributed by atoms with van der Waals surface area (Å²) in [5, 5.41) is 13.8. The molecular weight excluding hydrogens is 250 g/mol. The zero-order chi connectivity index (χ0) is 14.3. The first-order chi connectivity index (χ1) is 9.06. The molecule has 1 amide bonds. The molecule has 0 bridgehead atoms. The lowest BCUT2D eigenvalue weighted by molar-refractivity contribution is -0.122. The molecule has 1 heterocycles. The first-order valence-electron chi connectivity index (χ1n) is 6.24. The summed E-state index contributed by atoms with van der Waals surface area (Å²) in [6, 6.07) is 2.23. The van der Waals surface area contributed by atoms with Crippen molar-refractivity contribution in [1.82, 2.24) is 15.1 Å². The van der Waals surface area contributed by atoms with Crippen molar-refractivity contribution in [2.45, 2.75) is 26.3 Å². The highest BCUT2D eigenvalue weighted by Crippen LogP contribution is 2.05. The molecule has 1 aromatic rings. The minimum Gasteiger partial charge on any atom is -0.396 e. The first-order valence-corrected chi connectivity index (χ1v) is 6.24. The fraction of sp³-hybridized carbons (Fsp3) is 0.583. The Morgan fingerprint density at radius 3 is 2.84 bits per heavy atom. The molecule has 1 unspecified atom stereocenters. The number of hydrogen-bond donors (Lipinski definition) is 3. The number of nitrogens with zero attached hydrogens (tertiary/aromatic N) is 1. The number of H-pyrrole nitrogens is 1. The van der Waals surface area contributed by atoms with Crippen LogP contribution < -0.4 is 16.4 Å². The molecule has 1 rings (SSSR count). The van der Waals surface area contributed by atoms with Crippen molar-refractivity contribution >= 4 is 5.91 Å². The van der Waals surface area contributed by atoms with Crippen molar-refractivity contribution < 1.29 is 9.90 Å². The molecule has 19 heavy (non-hydrogen) atoms. The molecule has 106 valence electrons. The average molecular weight is 269 g/mol. The maximum absolute atomic E-state index is 11.6. The highest BCUT2D eigenvalue weighted by atomic mass is 16.3. The third kappa shape index (κ3) is 5.09. The van der Waals surface area contributed by atoms with Crippen molar-refractivity contribution in [1.29, 1.82) is 0 Å². The predicted octanol–water partition coefficient (Wildman–Crippen LogP) is -0.939. The molecule has 0 radical (unpaired) electrons. The van der Waals surface area contributed by atoms with Gasteiger partial charge in [-0.2, -0.15) is 0 Å². The maximum atomic E-state index is 11.6. The number of rotatable bonds is 7. The van der Waals surface area contributed by atoms with Crippen molar-refractivity contribution in [3.8, 4) is 0 Å². The molecule has 7 heteroatoms. The molecule has 0 saturated carbocycles. The summed E-state index contributed by atoms with van der Waals surface area (Å²) in [4.78, 5) is 34.1. The Balaban J connectivity index is 2.53. The Labute approximate surface area is 110 Å². The minimum atomic E-state index is -0.433. The summed E-state index contributed by atoms with van der Waals surface area (Å²) >= 11 is 0. The van der Waals surface area contributed by atoms with Gasteiger partial charge in [0.1, 0.15) is 6.54 Å². The van der Waals surface area contributed by atoms with Crippen LogP contribution in [-0.2, 0) is 11.3 Å². The molecule has 0 spiro atoms. The Morgan fingerprint density at radius 1 is 1.47 bits per heavy atom. The van der Waals surface area contributed by atoms with Gasteiger partial charge in [0.15, 0.2) is 0 Å². The smallest absolute Gasteiger partial charge is 0.265 e. The van der Waals surface area contributed by atoms with E-state index in [1.54, 1.807) is 0 Å². The maximum Gasteiger partial charge on any atom is 0.265 e. The van der Waals surface area contributed by atoms with Crippen LogP contribution in [0.25, 0.3) is 0 Å². The molecule has 0 aliphatic carbocycles. The monoisotopic (exact) mass is 269 g/mol. The van der Waals surface area contributed by atoms with Gasteiger partial charge in [-0.1, -0.05) is 13.3 Å². The van der Waals surface area contributed by atoms with Crippen molar-refractivity contribution in [2.75, 3.05) is 13.2 Å². The quantitative estimate of drug-likeness (QED) is 0.594. The molecule has 0 aromatic carbocycles. The summed E-state index contributed by atoms with van der Waals surface area (Å²) < 4.78 is 0.963. The summed E-state index contributed by atoms with van der Waals surface area (Å²) in [6.07, 6.45) is 1.47. The van der Waals surface area contributed by atoms with E-state index in [1.165, 1.54) is 0 Å². The molecule has 1 aromatic heterocycles. The minimum absolute atomic E-state index is 0.0832. The van der Waals surface area contributed by atoms with Crippen molar-refractivity contribution in [3.05, 3.63) is 32.8 Å². The Hall–Kier alpha value is -1.89. The van der Waals surface area contributed by atoms with Gasteiger partial charge in [-0.15, -0.1) is 0 Å². The van der Waals surface area contributed by atoms with Crippen molar-refractivity contribution in [2.24, 2.45) is 5.92 Å². The number of nitrogens with one attached hydrogen (secondary N) is 2. The van der Waals surface area contributed by atoms with Gasteiger partial charge >= 0.3 is 0 Å². The van der Waals surface area contributed by atoms with E-state index in [2.05, 4.69) is 10.4 Å². The lowest BCUT2D eigenvalue weighted by Gasteiger charge is -2.14. The molecule has 0 aliphatic heterocycles. The van der Waals surface area contributed by atoms with Crippen molar-refractivity contribution in [3.63, 3.8) is 0 Å². The Bertz CT molecular complexity index is 520. The lowest BCUT2D eigenvalue weighted by atomic mass is 10.0. The van der Waals surface area contributed by atoms with Gasteiger partial charge in [0.05, 0.1) is 0 Å². The molecule has 3 N–H and O–H groups in total. The van der Waals surface area contributed by atoms with Crippen LogP contribution >= 0.6 is 0 Å². The molecule has 7 nitrogen and oxygen atoms in total. The third-order valence-corrected chi connectivity index (χ3v) is 2.89. The van der Waals surface area contributed by atoms with Gasteiger partial charge in [-0.25, -0.2) is 4.68 Å². The molecule has 0 aliphatic rings. The zero-order valence-electron chi connectivity index (χ0n) is 10.9. The van der Waals surface area contributed by atoms with E-state index in [-0.39, 0.29) is 25.0 Å². The van der Waals surface area contributed by atoms with E-state index < -0.39 is 11.1 Å². The van der Waals surface area contributed by atoms with Crippen LogP contribution in [0.4, 0.5) is 0 Å². The van der Waals surface area contributed by atoms with E-state index in [1.807, 2.05) is 6.92 Å². The highest BCUT2D eigenvalue weighted by Gasteiger charge is 2.09. The van der Waals surface area contributed by atoms with E-state index >= 15 is 0 Å². The fourth-order valence-electron chi connectivity index (χ4n) is 1.67. The van der Waals surface area contributed by atoms with Gasteiger partial charge in [-0.05, 0) is 12.3 Å². The molecule has 0 fully saturated rings. The normalized spacial score (nSPS) is 12.1. The topological polar surface area (TPSA) is 104 Å². The fourth-order valence-corrected chi connectivity index (χ4v) is 1.67. The SMILES string of the molecule is CCC(CCO)CNC(=O)Cn1[nH]c(=O)ccc1=O. The largest absolute Gasteiger partial charge is 0.396 e. The Morgan fingerprint density at radius 2 is 2.21 bits per heavy atom. The van der Waals surface area contributed by atoms with Crippen LogP contribution in [0, 0.1) is 5.92 Å². The standard InChI is InChI=1S/C12H19N3O4/c1-2-9(5-6-16)7-13-11(18)8-15-12(19)4-3-10(17)14-15/h3-4,9,16H,2,5-8H2,1H3,(H,13,18)(H,14,17). The predicted molar refractivity (Wildman–Crippen MR) is 69.8 cm³/mol. The van der Waals surface area contributed by atoms with Crippen LogP contribution in [-0.4, -0.2) is 33.9 Å². The van der Waals surface area contributed by atoms with Gasteiger partial charge in [0.2, 0.25) is 5.91 Å². The van der Waals surface area contributed by atoms with E-state index in [9.17, 15) is 14.4 Å². The second-order valence-electron chi connectivity index (χ2n) is 4.32. The Kier molecular flexibility index (Phi) is 6.01. The summed E-state index contributed by atoms with van der Waals surface area (Å²) in [6.45, 7) is 2.29. The van der Waals surface area contributed by atoms with Crippen LogP contribution in [0.3, 0.4) is 0 Å². The number of carbonyl (C=O) groups is 1. The summed E-state index contributed by atoms with van der Waals surface area (Å²) in [5.74, 6) is -0.138. The zero-order valence-corrected chi connectivity index (χ0v) is 10.9. The number of aromatic amines is 1. The first kappa shape index (κ1) is 15.2. The number of aliphatic hydroxyl groups is 1. The van der Waals surface area contributed by atoms with Gasteiger partial charge in [-0.3, -0.25) is 19.5 Å². The number of aromatic nitrogens is 2. The number of amides is 1. The van der Waals surface area contributed by atoms with E-state index in [4.69, 9.17) is 5.11 Å². The van der Waals surface area contributed by atoms with Gasteiger partial charge in [0, 0.05) is 25.3 Å². The number of carbonyl (C=O) groups excluding carboxylic acids is 1. The third-order valence-electron chi connectivity index (χ3n) is 2.89.